The lowest BCUT2D eigenvalue weighted by molar-refractivity contribution is -0.123. The van der Waals surface area contributed by atoms with Crippen molar-refractivity contribution in [2.24, 2.45) is 11.8 Å². The standard InChI is InChI=1S/C7H14O.C6H10O/c1-4-5-6(2)7(3)8;1-5(7)6-3-2-4-6/h6H,4-5H2,1-3H3;6H,2-4H2,1H3. The van der Waals surface area contributed by atoms with Crippen LogP contribution in [-0.4, -0.2) is 11.6 Å². The number of rotatable bonds is 4. The molecular formula is C13H24O2. The molecular weight excluding hydrogens is 188 g/mol. The highest BCUT2D eigenvalue weighted by Gasteiger charge is 2.20. The average Bonchev–Trinajstić information content (AvgIpc) is 2.01. The third-order valence-corrected chi connectivity index (χ3v) is 3.10. The Labute approximate surface area is 93.4 Å². The molecule has 0 N–H and O–H groups in total. The summed E-state index contributed by atoms with van der Waals surface area (Å²) in [7, 11) is 0. The molecule has 88 valence electrons. The molecule has 15 heavy (non-hydrogen) atoms. The number of hydrogen-bond donors (Lipinski definition) is 0. The molecule has 1 unspecified atom stereocenters. The van der Waals surface area contributed by atoms with E-state index in [0.29, 0.717) is 17.5 Å². The molecule has 0 spiro atoms. The lowest BCUT2D eigenvalue weighted by atomic mass is 9.83. The fourth-order valence-electron chi connectivity index (χ4n) is 1.45. The molecule has 0 aliphatic heterocycles. The normalized spacial score (nSPS) is 17.1. The highest BCUT2D eigenvalue weighted by atomic mass is 16.1. The minimum Gasteiger partial charge on any atom is -0.300 e. The zero-order valence-electron chi connectivity index (χ0n) is 10.5. The van der Waals surface area contributed by atoms with Crippen LogP contribution in [0.5, 0.6) is 0 Å². The topological polar surface area (TPSA) is 34.1 Å². The number of hydrogen-bond acceptors (Lipinski definition) is 2. The Morgan fingerprint density at radius 1 is 1.27 bits per heavy atom. The lowest BCUT2D eigenvalue weighted by Gasteiger charge is -2.21. The summed E-state index contributed by atoms with van der Waals surface area (Å²) in [4.78, 5) is 21.0. The summed E-state index contributed by atoms with van der Waals surface area (Å²) in [6.07, 6.45) is 5.71. The van der Waals surface area contributed by atoms with Crippen LogP contribution in [0.4, 0.5) is 0 Å². The summed E-state index contributed by atoms with van der Waals surface area (Å²) in [6, 6.07) is 0. The van der Waals surface area contributed by atoms with Gasteiger partial charge in [-0.3, -0.25) is 9.59 Å². The smallest absolute Gasteiger partial charge is 0.132 e. The fraction of sp³-hybridized carbons (Fsp3) is 0.846. The van der Waals surface area contributed by atoms with E-state index in [-0.39, 0.29) is 5.92 Å². The van der Waals surface area contributed by atoms with Crippen molar-refractivity contribution in [1.82, 2.24) is 0 Å². The summed E-state index contributed by atoms with van der Waals surface area (Å²) in [5.74, 6) is 1.41. The van der Waals surface area contributed by atoms with Crippen LogP contribution in [-0.2, 0) is 9.59 Å². The van der Waals surface area contributed by atoms with Crippen LogP contribution in [0, 0.1) is 11.8 Å². The third kappa shape index (κ3) is 6.43. The van der Waals surface area contributed by atoms with E-state index in [2.05, 4.69) is 6.92 Å². The quantitative estimate of drug-likeness (QED) is 0.716. The number of Topliss-reactive ketones (excluding diaryl/α,β-unsaturated/α-hetero) is 2. The highest BCUT2D eigenvalue weighted by Crippen LogP contribution is 2.26. The molecule has 1 rings (SSSR count). The van der Waals surface area contributed by atoms with Gasteiger partial charge in [0.15, 0.2) is 0 Å². The first-order valence-electron chi connectivity index (χ1n) is 5.99. The van der Waals surface area contributed by atoms with Crippen molar-refractivity contribution in [3.8, 4) is 0 Å². The van der Waals surface area contributed by atoms with Gasteiger partial charge in [0.1, 0.15) is 11.6 Å². The van der Waals surface area contributed by atoms with Crippen molar-refractivity contribution in [2.45, 2.75) is 59.8 Å². The van der Waals surface area contributed by atoms with E-state index in [1.165, 1.54) is 6.42 Å². The zero-order valence-corrected chi connectivity index (χ0v) is 10.5. The molecule has 1 atom stereocenters. The molecule has 0 aromatic carbocycles. The van der Waals surface area contributed by atoms with Crippen molar-refractivity contribution in [3.05, 3.63) is 0 Å². The Balaban J connectivity index is 0.000000262. The first-order chi connectivity index (χ1) is 6.99. The van der Waals surface area contributed by atoms with Crippen molar-refractivity contribution in [3.63, 3.8) is 0 Å². The van der Waals surface area contributed by atoms with Gasteiger partial charge in [0.05, 0.1) is 0 Å². The van der Waals surface area contributed by atoms with Gasteiger partial charge >= 0.3 is 0 Å². The molecule has 0 aromatic rings. The van der Waals surface area contributed by atoms with Gasteiger partial charge < -0.3 is 0 Å². The molecule has 0 bridgehead atoms. The van der Waals surface area contributed by atoms with E-state index >= 15 is 0 Å². The number of ketones is 2. The molecule has 1 saturated carbocycles. The van der Waals surface area contributed by atoms with E-state index in [4.69, 9.17) is 0 Å². The third-order valence-electron chi connectivity index (χ3n) is 3.10. The van der Waals surface area contributed by atoms with E-state index in [9.17, 15) is 9.59 Å². The zero-order chi connectivity index (χ0) is 11.8. The Bertz CT molecular complexity index is 205. The maximum absolute atomic E-state index is 10.5. The molecule has 0 amide bonds. The Kier molecular flexibility index (Phi) is 7.27. The molecule has 1 aliphatic carbocycles. The van der Waals surface area contributed by atoms with Gasteiger partial charge in [-0.2, -0.15) is 0 Å². The summed E-state index contributed by atoms with van der Waals surface area (Å²) in [5.41, 5.74) is 0. The van der Waals surface area contributed by atoms with Crippen LogP contribution in [0.3, 0.4) is 0 Å². The van der Waals surface area contributed by atoms with Crippen LogP contribution >= 0.6 is 0 Å². The van der Waals surface area contributed by atoms with Crippen LogP contribution in [0.25, 0.3) is 0 Å². The molecule has 0 aromatic heterocycles. The first kappa shape index (κ1) is 14.3. The van der Waals surface area contributed by atoms with Crippen LogP contribution in [0.15, 0.2) is 0 Å². The monoisotopic (exact) mass is 212 g/mol. The second-order valence-electron chi connectivity index (χ2n) is 4.54. The van der Waals surface area contributed by atoms with E-state index in [1.807, 2.05) is 6.92 Å². The molecule has 2 heteroatoms. The fourth-order valence-corrected chi connectivity index (χ4v) is 1.45. The summed E-state index contributed by atoms with van der Waals surface area (Å²) < 4.78 is 0. The van der Waals surface area contributed by atoms with Gasteiger partial charge in [-0.1, -0.05) is 26.7 Å². The summed E-state index contributed by atoms with van der Waals surface area (Å²) in [5, 5.41) is 0. The second kappa shape index (κ2) is 7.61. The van der Waals surface area contributed by atoms with Crippen LogP contribution < -0.4 is 0 Å². The van der Waals surface area contributed by atoms with Crippen molar-refractivity contribution >= 4 is 11.6 Å². The first-order valence-corrected chi connectivity index (χ1v) is 5.99. The van der Waals surface area contributed by atoms with Gasteiger partial charge in [0.2, 0.25) is 0 Å². The van der Waals surface area contributed by atoms with Crippen LogP contribution in [0.2, 0.25) is 0 Å². The minimum absolute atomic E-state index is 0.278. The Morgan fingerprint density at radius 2 is 1.80 bits per heavy atom. The predicted molar refractivity (Wildman–Crippen MR) is 62.8 cm³/mol. The van der Waals surface area contributed by atoms with Gasteiger partial charge in [-0.25, -0.2) is 0 Å². The SMILES string of the molecule is CC(=O)C1CCC1.CCCC(C)C(C)=O. The number of carbonyl (C=O) groups is 2. The molecule has 1 aliphatic rings. The largest absolute Gasteiger partial charge is 0.300 e. The van der Waals surface area contributed by atoms with E-state index in [1.54, 1.807) is 13.8 Å². The predicted octanol–water partition coefficient (Wildman–Crippen LogP) is 3.39. The molecule has 2 nitrogen and oxygen atoms in total. The highest BCUT2D eigenvalue weighted by molar-refractivity contribution is 5.79. The molecule has 0 radical (unpaired) electrons. The maximum atomic E-state index is 10.5. The average molecular weight is 212 g/mol. The second-order valence-corrected chi connectivity index (χ2v) is 4.54. The van der Waals surface area contributed by atoms with E-state index in [0.717, 1.165) is 25.7 Å². The maximum Gasteiger partial charge on any atom is 0.132 e. The van der Waals surface area contributed by atoms with E-state index < -0.39 is 0 Å². The van der Waals surface area contributed by atoms with Crippen molar-refractivity contribution in [1.29, 1.82) is 0 Å². The van der Waals surface area contributed by atoms with Gasteiger partial charge in [-0.15, -0.1) is 0 Å². The van der Waals surface area contributed by atoms with Crippen molar-refractivity contribution in [2.75, 3.05) is 0 Å². The minimum atomic E-state index is 0.278. The van der Waals surface area contributed by atoms with Crippen LogP contribution in [0.1, 0.15) is 59.8 Å². The molecule has 0 heterocycles. The summed E-state index contributed by atoms with van der Waals surface area (Å²) >= 11 is 0. The molecule has 1 fully saturated rings. The Morgan fingerprint density at radius 3 is 1.87 bits per heavy atom. The lowest BCUT2D eigenvalue weighted by Crippen LogP contribution is -2.18. The van der Waals surface area contributed by atoms with Gasteiger partial charge in [-0.05, 0) is 33.1 Å². The molecule has 0 saturated heterocycles. The Hall–Kier alpha value is -0.660. The van der Waals surface area contributed by atoms with Gasteiger partial charge in [0.25, 0.3) is 0 Å². The number of carbonyl (C=O) groups excluding carboxylic acids is 2. The summed E-state index contributed by atoms with van der Waals surface area (Å²) in [6.45, 7) is 7.41. The van der Waals surface area contributed by atoms with Crippen molar-refractivity contribution < 1.29 is 9.59 Å². The van der Waals surface area contributed by atoms with Gasteiger partial charge in [0, 0.05) is 11.8 Å².